The molecular formula is C17H19F2NO3. The number of hydrogen-bond donors (Lipinski definition) is 0. The molecule has 0 spiro atoms. The lowest BCUT2D eigenvalue weighted by Gasteiger charge is -2.23. The van der Waals surface area contributed by atoms with Gasteiger partial charge in [-0.05, 0) is 43.4 Å². The highest BCUT2D eigenvalue weighted by Gasteiger charge is 2.31. The van der Waals surface area contributed by atoms with Crippen LogP contribution in [0.1, 0.15) is 18.9 Å². The molecule has 1 saturated heterocycles. The molecule has 0 aliphatic carbocycles. The number of halogens is 2. The number of ether oxygens (including phenoxy) is 2. The summed E-state index contributed by atoms with van der Waals surface area (Å²) in [5.74, 6) is -0.342. The average molecular weight is 323 g/mol. The molecule has 0 radical (unpaired) electrons. The molecule has 2 aliphatic rings. The first-order valence-electron chi connectivity index (χ1n) is 7.73. The second kappa shape index (κ2) is 6.56. The number of hydrogen-bond acceptors (Lipinski definition) is 3. The summed E-state index contributed by atoms with van der Waals surface area (Å²) in [4.78, 5) is 14.2. The van der Waals surface area contributed by atoms with E-state index in [2.05, 4.69) is 0 Å². The fourth-order valence-corrected chi connectivity index (χ4v) is 3.11. The van der Waals surface area contributed by atoms with Crippen LogP contribution in [0.25, 0.3) is 0 Å². The number of nitrogens with zero attached hydrogens (tertiary/aromatic N) is 1. The molecule has 2 heterocycles. The van der Waals surface area contributed by atoms with Gasteiger partial charge in [-0.25, -0.2) is 8.78 Å². The van der Waals surface area contributed by atoms with Gasteiger partial charge >= 0.3 is 0 Å². The topological polar surface area (TPSA) is 38.8 Å². The van der Waals surface area contributed by atoms with Gasteiger partial charge in [0.1, 0.15) is 30.6 Å². The lowest BCUT2D eigenvalue weighted by molar-refractivity contribution is -0.131. The van der Waals surface area contributed by atoms with Crippen LogP contribution in [0.4, 0.5) is 8.78 Å². The molecule has 0 aromatic heterocycles. The van der Waals surface area contributed by atoms with Crippen LogP contribution in [0, 0.1) is 17.6 Å². The molecule has 1 aromatic rings. The molecule has 4 nitrogen and oxygen atoms in total. The van der Waals surface area contributed by atoms with Gasteiger partial charge in [0.05, 0.1) is 0 Å². The van der Waals surface area contributed by atoms with Crippen molar-refractivity contribution in [3.63, 3.8) is 0 Å². The van der Waals surface area contributed by atoms with Crippen LogP contribution in [-0.2, 0) is 20.7 Å². The zero-order chi connectivity index (χ0) is 16.4. The van der Waals surface area contributed by atoms with Crippen molar-refractivity contribution in [1.82, 2.24) is 4.90 Å². The Labute approximate surface area is 133 Å². The number of carbonyl (C=O) groups excluding carboxylic acids is 1. The van der Waals surface area contributed by atoms with Gasteiger partial charge in [-0.1, -0.05) is 0 Å². The maximum absolute atomic E-state index is 13.3. The van der Waals surface area contributed by atoms with E-state index in [0.717, 1.165) is 12.5 Å². The second-order valence-electron chi connectivity index (χ2n) is 5.97. The fraction of sp³-hybridized carbons (Fsp3) is 0.471. The Morgan fingerprint density at radius 3 is 2.61 bits per heavy atom. The van der Waals surface area contributed by atoms with Crippen LogP contribution in [0.15, 0.2) is 29.7 Å². The van der Waals surface area contributed by atoms with Gasteiger partial charge in [-0.15, -0.1) is 0 Å². The molecule has 1 fully saturated rings. The van der Waals surface area contributed by atoms with Crippen LogP contribution < -0.4 is 0 Å². The first-order chi connectivity index (χ1) is 11.0. The van der Waals surface area contributed by atoms with Crippen molar-refractivity contribution >= 4 is 5.91 Å². The molecule has 0 bridgehead atoms. The van der Waals surface area contributed by atoms with E-state index < -0.39 is 11.6 Å². The van der Waals surface area contributed by atoms with Gasteiger partial charge in [0.2, 0.25) is 5.76 Å². The number of rotatable bonds is 3. The van der Waals surface area contributed by atoms with Gasteiger partial charge in [0.25, 0.3) is 5.91 Å². The van der Waals surface area contributed by atoms with Crippen LogP contribution in [-0.4, -0.2) is 37.1 Å². The normalized spacial score (nSPS) is 21.2. The van der Waals surface area contributed by atoms with Crippen LogP contribution >= 0.6 is 0 Å². The van der Waals surface area contributed by atoms with E-state index >= 15 is 0 Å². The van der Waals surface area contributed by atoms with E-state index in [-0.39, 0.29) is 17.6 Å². The summed E-state index contributed by atoms with van der Waals surface area (Å²) in [6.45, 7) is 3.71. The SMILES string of the molecule is CC1=C(C(=O)N2CCC(Cc3cc(F)cc(F)c3)C2)OCCO1. The minimum Gasteiger partial charge on any atom is -0.491 e. The number of amides is 1. The molecule has 0 saturated carbocycles. The van der Waals surface area contributed by atoms with E-state index in [1.165, 1.54) is 12.1 Å². The lowest BCUT2D eigenvalue weighted by atomic mass is 9.98. The average Bonchev–Trinajstić information content (AvgIpc) is 2.94. The molecule has 6 heteroatoms. The molecule has 1 amide bonds. The molecule has 23 heavy (non-hydrogen) atoms. The van der Waals surface area contributed by atoms with Crippen molar-refractivity contribution < 1.29 is 23.0 Å². The summed E-state index contributed by atoms with van der Waals surface area (Å²) < 4.78 is 37.3. The van der Waals surface area contributed by atoms with Crippen LogP contribution in [0.2, 0.25) is 0 Å². The molecule has 3 rings (SSSR count). The van der Waals surface area contributed by atoms with E-state index in [9.17, 15) is 13.6 Å². The molecule has 1 unspecified atom stereocenters. The predicted molar refractivity (Wildman–Crippen MR) is 79.4 cm³/mol. The van der Waals surface area contributed by atoms with E-state index in [1.807, 2.05) is 0 Å². The number of allylic oxidation sites excluding steroid dienone is 1. The Hall–Kier alpha value is -2.11. The van der Waals surface area contributed by atoms with Gasteiger partial charge in [-0.3, -0.25) is 4.79 Å². The van der Waals surface area contributed by atoms with Gasteiger partial charge in [0.15, 0.2) is 0 Å². The molecular weight excluding hydrogens is 304 g/mol. The van der Waals surface area contributed by atoms with E-state index in [0.29, 0.717) is 44.0 Å². The summed E-state index contributed by atoms with van der Waals surface area (Å²) >= 11 is 0. The summed E-state index contributed by atoms with van der Waals surface area (Å²) in [5.41, 5.74) is 0.620. The molecule has 0 N–H and O–H groups in total. The predicted octanol–water partition coefficient (Wildman–Crippen LogP) is 2.63. The van der Waals surface area contributed by atoms with Crippen molar-refractivity contribution in [2.24, 2.45) is 5.92 Å². The molecule has 1 aromatic carbocycles. The molecule has 1 atom stereocenters. The maximum atomic E-state index is 13.3. The minimum atomic E-state index is -0.570. The lowest BCUT2D eigenvalue weighted by Crippen LogP contribution is -2.33. The highest BCUT2D eigenvalue weighted by molar-refractivity contribution is 5.92. The Balaban J connectivity index is 1.63. The first kappa shape index (κ1) is 15.8. The van der Waals surface area contributed by atoms with Gasteiger partial charge < -0.3 is 14.4 Å². The Bertz CT molecular complexity index is 624. The zero-order valence-electron chi connectivity index (χ0n) is 13.0. The summed E-state index contributed by atoms with van der Waals surface area (Å²) in [6, 6.07) is 3.56. The fourth-order valence-electron chi connectivity index (χ4n) is 3.11. The highest BCUT2D eigenvalue weighted by Crippen LogP contribution is 2.25. The number of benzene rings is 1. The van der Waals surface area contributed by atoms with Crippen molar-refractivity contribution in [2.75, 3.05) is 26.3 Å². The second-order valence-corrected chi connectivity index (χ2v) is 5.97. The van der Waals surface area contributed by atoms with Crippen molar-refractivity contribution in [1.29, 1.82) is 0 Å². The third-order valence-corrected chi connectivity index (χ3v) is 4.18. The quantitative estimate of drug-likeness (QED) is 0.858. The van der Waals surface area contributed by atoms with E-state index in [4.69, 9.17) is 9.47 Å². The van der Waals surface area contributed by atoms with Gasteiger partial charge in [-0.2, -0.15) is 0 Å². The summed E-state index contributed by atoms with van der Waals surface area (Å²) in [5, 5.41) is 0. The first-order valence-corrected chi connectivity index (χ1v) is 7.73. The monoisotopic (exact) mass is 323 g/mol. The Morgan fingerprint density at radius 2 is 1.91 bits per heavy atom. The smallest absolute Gasteiger partial charge is 0.292 e. The highest BCUT2D eigenvalue weighted by atomic mass is 19.1. The van der Waals surface area contributed by atoms with Crippen LogP contribution in [0.3, 0.4) is 0 Å². The third kappa shape index (κ3) is 3.63. The third-order valence-electron chi connectivity index (χ3n) is 4.18. The zero-order valence-corrected chi connectivity index (χ0v) is 13.0. The van der Waals surface area contributed by atoms with Gasteiger partial charge in [0, 0.05) is 19.2 Å². The summed E-state index contributed by atoms with van der Waals surface area (Å²) in [7, 11) is 0. The van der Waals surface area contributed by atoms with Crippen molar-refractivity contribution in [3.05, 3.63) is 46.9 Å². The minimum absolute atomic E-state index is 0.171. The maximum Gasteiger partial charge on any atom is 0.292 e. The Morgan fingerprint density at radius 1 is 1.22 bits per heavy atom. The van der Waals surface area contributed by atoms with E-state index in [1.54, 1.807) is 11.8 Å². The standard InChI is InChI=1S/C17H19F2NO3/c1-11-16(23-5-4-22-11)17(21)20-3-2-12(10-20)6-13-7-14(18)9-15(19)8-13/h7-9,12H,2-6,10H2,1H3. The number of likely N-dealkylation sites (tertiary alicyclic amines) is 1. The molecule has 124 valence electrons. The van der Waals surface area contributed by atoms with Crippen molar-refractivity contribution in [3.8, 4) is 0 Å². The van der Waals surface area contributed by atoms with Crippen molar-refractivity contribution in [2.45, 2.75) is 19.8 Å². The summed E-state index contributed by atoms with van der Waals surface area (Å²) in [6.07, 6.45) is 1.35. The Kier molecular flexibility index (Phi) is 4.50. The van der Waals surface area contributed by atoms with Crippen LogP contribution in [0.5, 0.6) is 0 Å². The largest absolute Gasteiger partial charge is 0.491 e. The molecule has 2 aliphatic heterocycles. The number of carbonyl (C=O) groups is 1.